The van der Waals surface area contributed by atoms with Crippen LogP contribution in [-0.4, -0.2) is 44.1 Å². The van der Waals surface area contributed by atoms with E-state index >= 15 is 0 Å². The number of benzene rings is 1. The van der Waals surface area contributed by atoms with Gasteiger partial charge in [-0.15, -0.1) is 0 Å². The number of nitrogens with one attached hydrogen (secondary N) is 1. The second-order valence-corrected chi connectivity index (χ2v) is 8.28. The third-order valence-corrected chi connectivity index (χ3v) is 6.19. The Hall–Kier alpha value is -0.660. The van der Waals surface area contributed by atoms with Gasteiger partial charge in [-0.3, -0.25) is 0 Å². The Bertz CT molecular complexity index is 652. The minimum Gasteiger partial charge on any atom is -0.375 e. The molecule has 22 heavy (non-hydrogen) atoms. The second-order valence-electron chi connectivity index (χ2n) is 6.19. The molecule has 1 N–H and O–H groups in total. The summed E-state index contributed by atoms with van der Waals surface area (Å²) >= 11 is 5.99. The van der Waals surface area contributed by atoms with Gasteiger partial charge in [0.25, 0.3) is 10.2 Å². The molecule has 1 aromatic rings. The van der Waals surface area contributed by atoms with Crippen LogP contribution in [0.5, 0.6) is 0 Å². The van der Waals surface area contributed by atoms with E-state index in [1.807, 2.05) is 38.1 Å². The summed E-state index contributed by atoms with van der Waals surface area (Å²) < 4.78 is 35.0. The fraction of sp³-hybridized carbons (Fsp3) is 0.600. The van der Waals surface area contributed by atoms with E-state index in [2.05, 4.69) is 4.72 Å². The van der Waals surface area contributed by atoms with E-state index in [1.54, 1.807) is 0 Å². The molecule has 0 unspecified atom stereocenters. The molecule has 1 aliphatic heterocycles. The molecule has 1 saturated heterocycles. The third kappa shape index (κ3) is 3.46. The van der Waals surface area contributed by atoms with Crippen LogP contribution in [0.15, 0.2) is 24.3 Å². The Morgan fingerprint density at radius 2 is 2.14 bits per heavy atom. The van der Waals surface area contributed by atoms with E-state index < -0.39 is 10.2 Å². The smallest absolute Gasteiger partial charge is 0.280 e. The maximum absolute atomic E-state index is 12.6. The van der Waals surface area contributed by atoms with Gasteiger partial charge in [0.2, 0.25) is 0 Å². The summed E-state index contributed by atoms with van der Waals surface area (Å²) in [7, 11) is -3.48. The number of morpholine rings is 1. The highest BCUT2D eigenvalue weighted by Gasteiger charge is 2.43. The van der Waals surface area contributed by atoms with Crippen LogP contribution in [0.4, 0.5) is 0 Å². The van der Waals surface area contributed by atoms with Gasteiger partial charge in [0.1, 0.15) is 0 Å². The first-order valence-electron chi connectivity index (χ1n) is 7.53. The van der Waals surface area contributed by atoms with Gasteiger partial charge in [0.05, 0.1) is 12.7 Å². The first-order valence-corrected chi connectivity index (χ1v) is 9.35. The molecule has 3 rings (SSSR count). The lowest BCUT2D eigenvalue weighted by Gasteiger charge is -2.35. The van der Waals surface area contributed by atoms with E-state index in [9.17, 15) is 8.42 Å². The molecule has 0 bridgehead atoms. The SMILES string of the molecule is C[C@@H]1CN(S(=O)(=O)N[C@@H]2C[C@@H]2c2cccc(Cl)c2)[C@H](C)CO1. The Kier molecular flexibility index (Phi) is 4.49. The van der Waals surface area contributed by atoms with Crippen molar-refractivity contribution in [2.75, 3.05) is 13.2 Å². The summed E-state index contributed by atoms with van der Waals surface area (Å²) in [5, 5.41) is 0.682. The van der Waals surface area contributed by atoms with Gasteiger partial charge in [-0.2, -0.15) is 17.4 Å². The van der Waals surface area contributed by atoms with Crippen molar-refractivity contribution in [1.29, 1.82) is 0 Å². The molecule has 2 aliphatic rings. The first-order chi connectivity index (χ1) is 10.4. The Morgan fingerprint density at radius 3 is 2.86 bits per heavy atom. The van der Waals surface area contributed by atoms with E-state index in [1.165, 1.54) is 4.31 Å². The molecule has 0 amide bonds. The highest BCUT2D eigenvalue weighted by Crippen LogP contribution is 2.42. The van der Waals surface area contributed by atoms with E-state index in [0.29, 0.717) is 18.2 Å². The Morgan fingerprint density at radius 1 is 1.36 bits per heavy atom. The van der Waals surface area contributed by atoms with Crippen LogP contribution in [0.1, 0.15) is 31.7 Å². The second kappa shape index (κ2) is 6.09. The molecular weight excluding hydrogens is 324 g/mol. The topological polar surface area (TPSA) is 58.6 Å². The number of nitrogens with zero attached hydrogens (tertiary/aromatic N) is 1. The minimum atomic E-state index is -3.48. The van der Waals surface area contributed by atoms with Gasteiger partial charge in [0.15, 0.2) is 0 Å². The van der Waals surface area contributed by atoms with Crippen LogP contribution in [0.3, 0.4) is 0 Å². The lowest BCUT2D eigenvalue weighted by atomic mass is 10.1. The van der Waals surface area contributed by atoms with E-state index in [0.717, 1.165) is 12.0 Å². The normalized spacial score (nSPS) is 32.9. The van der Waals surface area contributed by atoms with Crippen molar-refractivity contribution >= 4 is 21.8 Å². The zero-order valence-corrected chi connectivity index (χ0v) is 14.3. The van der Waals surface area contributed by atoms with Crippen molar-refractivity contribution in [3.8, 4) is 0 Å². The van der Waals surface area contributed by atoms with Gasteiger partial charge in [-0.05, 0) is 38.0 Å². The predicted molar refractivity (Wildman–Crippen MR) is 86.2 cm³/mol. The Labute approximate surface area is 136 Å². The van der Waals surface area contributed by atoms with Crippen molar-refractivity contribution < 1.29 is 13.2 Å². The van der Waals surface area contributed by atoms with E-state index in [4.69, 9.17) is 16.3 Å². The highest BCUT2D eigenvalue weighted by molar-refractivity contribution is 7.87. The largest absolute Gasteiger partial charge is 0.375 e. The van der Waals surface area contributed by atoms with Crippen LogP contribution in [0, 0.1) is 0 Å². The number of ether oxygens (including phenoxy) is 1. The molecule has 2 fully saturated rings. The number of rotatable bonds is 4. The molecule has 7 heteroatoms. The van der Waals surface area contributed by atoms with Crippen LogP contribution in [-0.2, 0) is 14.9 Å². The first kappa shape index (κ1) is 16.2. The molecule has 0 spiro atoms. The monoisotopic (exact) mass is 344 g/mol. The molecule has 1 heterocycles. The molecule has 5 nitrogen and oxygen atoms in total. The van der Waals surface area contributed by atoms with Crippen LogP contribution < -0.4 is 4.72 Å². The molecule has 4 atom stereocenters. The summed E-state index contributed by atoms with van der Waals surface area (Å²) in [6, 6.07) is 7.42. The predicted octanol–water partition coefficient (Wildman–Crippen LogP) is 2.14. The summed E-state index contributed by atoms with van der Waals surface area (Å²) in [4.78, 5) is 0. The lowest BCUT2D eigenvalue weighted by Crippen LogP contribution is -2.54. The van der Waals surface area contributed by atoms with Crippen molar-refractivity contribution in [2.24, 2.45) is 0 Å². The average Bonchev–Trinajstić information content (AvgIpc) is 3.20. The summed E-state index contributed by atoms with van der Waals surface area (Å²) in [6.07, 6.45) is 0.740. The van der Waals surface area contributed by atoms with Gasteiger partial charge in [-0.25, -0.2) is 0 Å². The van der Waals surface area contributed by atoms with Crippen LogP contribution >= 0.6 is 11.6 Å². The summed E-state index contributed by atoms with van der Waals surface area (Å²) in [5.41, 5.74) is 1.09. The maximum Gasteiger partial charge on any atom is 0.280 e. The van der Waals surface area contributed by atoms with E-state index in [-0.39, 0.29) is 24.1 Å². The van der Waals surface area contributed by atoms with Crippen molar-refractivity contribution in [3.05, 3.63) is 34.9 Å². The molecule has 1 saturated carbocycles. The van der Waals surface area contributed by atoms with Crippen molar-refractivity contribution in [2.45, 2.75) is 44.4 Å². The molecule has 0 radical (unpaired) electrons. The fourth-order valence-corrected chi connectivity index (χ4v) is 4.82. The highest BCUT2D eigenvalue weighted by atomic mass is 35.5. The number of halogens is 1. The molecule has 1 aliphatic carbocycles. The van der Waals surface area contributed by atoms with Crippen molar-refractivity contribution in [1.82, 2.24) is 9.03 Å². The zero-order chi connectivity index (χ0) is 15.9. The number of hydrogen-bond donors (Lipinski definition) is 1. The van der Waals surface area contributed by atoms with Gasteiger partial charge >= 0.3 is 0 Å². The standard InChI is InChI=1S/C15H21ClN2O3S/c1-10-9-21-11(2)8-18(10)22(19,20)17-15-7-14(15)12-4-3-5-13(16)6-12/h3-6,10-11,14-15,17H,7-9H2,1-2H3/t10-,11-,14-,15-/m1/s1. The molecule has 0 aromatic heterocycles. The third-order valence-electron chi connectivity index (χ3n) is 4.23. The van der Waals surface area contributed by atoms with Crippen molar-refractivity contribution in [3.63, 3.8) is 0 Å². The maximum atomic E-state index is 12.6. The molecule has 1 aromatic carbocycles. The summed E-state index contributed by atoms with van der Waals surface area (Å²) in [5.74, 6) is 0.210. The minimum absolute atomic E-state index is 0.0474. The van der Waals surface area contributed by atoms with Gasteiger partial charge in [0, 0.05) is 29.6 Å². The molecular formula is C15H21ClN2O3S. The Balaban J connectivity index is 1.66. The van der Waals surface area contributed by atoms with Gasteiger partial charge in [-0.1, -0.05) is 23.7 Å². The quantitative estimate of drug-likeness (QED) is 0.910. The van der Waals surface area contributed by atoms with Crippen LogP contribution in [0.2, 0.25) is 5.02 Å². The fourth-order valence-electron chi connectivity index (χ4n) is 2.90. The number of hydrogen-bond acceptors (Lipinski definition) is 3. The molecule has 122 valence electrons. The van der Waals surface area contributed by atoms with Crippen LogP contribution in [0.25, 0.3) is 0 Å². The van der Waals surface area contributed by atoms with Gasteiger partial charge < -0.3 is 4.74 Å². The zero-order valence-electron chi connectivity index (χ0n) is 12.7. The summed E-state index contributed by atoms with van der Waals surface area (Å²) in [6.45, 7) is 4.59. The average molecular weight is 345 g/mol. The lowest BCUT2D eigenvalue weighted by molar-refractivity contribution is -0.0175.